The minimum absolute atomic E-state index is 0.284. The smallest absolute Gasteiger partial charge is 0.166 e. The van der Waals surface area contributed by atoms with Gasteiger partial charge >= 0.3 is 0 Å². The van der Waals surface area contributed by atoms with Crippen molar-refractivity contribution in [3.63, 3.8) is 0 Å². The Bertz CT molecular complexity index is 523. The molecular formula is C16H24N4O2. The lowest BCUT2D eigenvalue weighted by molar-refractivity contribution is 0.0850. The van der Waals surface area contributed by atoms with Gasteiger partial charge in [-0.2, -0.15) is 5.26 Å². The number of aromatic nitrogens is 1. The molecule has 1 heterocycles. The van der Waals surface area contributed by atoms with Gasteiger partial charge in [0, 0.05) is 32.7 Å². The Hall–Kier alpha value is -2.13. The van der Waals surface area contributed by atoms with Crippen LogP contribution < -0.4 is 4.74 Å². The number of hydrogen-bond acceptors (Lipinski definition) is 5. The molecule has 0 aromatic carbocycles. The lowest BCUT2D eigenvalue weighted by Crippen LogP contribution is -2.17. The Morgan fingerprint density at radius 2 is 2.18 bits per heavy atom. The molecule has 22 heavy (non-hydrogen) atoms. The van der Waals surface area contributed by atoms with Crippen LogP contribution in [0.1, 0.15) is 26.0 Å². The Kier molecular flexibility index (Phi) is 7.94. The highest BCUT2D eigenvalue weighted by atomic mass is 16.5. The highest BCUT2D eigenvalue weighted by Crippen LogP contribution is 2.23. The summed E-state index contributed by atoms with van der Waals surface area (Å²) >= 11 is 0. The fourth-order valence-electron chi connectivity index (χ4n) is 1.66. The minimum atomic E-state index is 0.284. The van der Waals surface area contributed by atoms with Crippen LogP contribution in [0.4, 0.5) is 5.69 Å². The topological polar surface area (TPSA) is 70.7 Å². The highest BCUT2D eigenvalue weighted by molar-refractivity contribution is 5.64. The van der Waals surface area contributed by atoms with Crippen LogP contribution in [0.5, 0.6) is 5.75 Å². The quantitative estimate of drug-likeness (QED) is 0.518. The van der Waals surface area contributed by atoms with Crippen LogP contribution in [0.25, 0.3) is 0 Å². The molecule has 0 bridgehead atoms. The Labute approximate surface area is 132 Å². The predicted octanol–water partition coefficient (Wildman–Crippen LogP) is 2.62. The van der Waals surface area contributed by atoms with Gasteiger partial charge in [0.15, 0.2) is 5.69 Å². The molecule has 0 saturated heterocycles. The molecule has 1 rings (SSSR count). The Morgan fingerprint density at radius 3 is 2.77 bits per heavy atom. The maximum absolute atomic E-state index is 9.07. The van der Waals surface area contributed by atoms with Gasteiger partial charge in [0.05, 0.1) is 25.7 Å². The van der Waals surface area contributed by atoms with Crippen molar-refractivity contribution in [3.8, 4) is 11.8 Å². The van der Waals surface area contributed by atoms with E-state index < -0.39 is 0 Å². The molecule has 0 aliphatic carbocycles. The predicted molar refractivity (Wildman–Crippen MR) is 86.6 cm³/mol. The SMILES string of the molecule is CCOCC(CC)COc1cnc(C#N)c(N=CN(C)C)c1. The molecule has 1 aromatic rings. The van der Waals surface area contributed by atoms with E-state index in [2.05, 4.69) is 16.9 Å². The third kappa shape index (κ3) is 6.10. The summed E-state index contributed by atoms with van der Waals surface area (Å²) in [5.41, 5.74) is 0.790. The molecule has 6 heteroatoms. The molecule has 120 valence electrons. The first kappa shape index (κ1) is 17.9. The molecule has 0 spiro atoms. The molecule has 0 aliphatic rings. The number of nitriles is 1. The fraction of sp³-hybridized carbons (Fsp3) is 0.562. The summed E-state index contributed by atoms with van der Waals surface area (Å²) in [7, 11) is 3.73. The summed E-state index contributed by atoms with van der Waals surface area (Å²) in [6, 6.07) is 3.77. The van der Waals surface area contributed by atoms with E-state index in [1.165, 1.54) is 0 Å². The number of aliphatic imine (C=N–C) groups is 1. The van der Waals surface area contributed by atoms with E-state index in [0.29, 0.717) is 37.2 Å². The van der Waals surface area contributed by atoms with Gasteiger partial charge in [-0.3, -0.25) is 0 Å². The van der Waals surface area contributed by atoms with Crippen LogP contribution in [0.3, 0.4) is 0 Å². The van der Waals surface area contributed by atoms with Crippen LogP contribution in [-0.4, -0.2) is 50.1 Å². The number of nitrogens with zero attached hydrogens (tertiary/aromatic N) is 4. The zero-order valence-corrected chi connectivity index (χ0v) is 13.7. The normalized spacial score (nSPS) is 12.1. The Morgan fingerprint density at radius 1 is 1.41 bits per heavy atom. The third-order valence-corrected chi connectivity index (χ3v) is 3.00. The fourth-order valence-corrected chi connectivity index (χ4v) is 1.66. The van der Waals surface area contributed by atoms with Gasteiger partial charge in [0.1, 0.15) is 17.5 Å². The van der Waals surface area contributed by atoms with Crippen molar-refractivity contribution in [2.45, 2.75) is 20.3 Å². The lowest BCUT2D eigenvalue weighted by Gasteiger charge is -2.15. The molecule has 1 atom stereocenters. The number of ether oxygens (including phenoxy) is 2. The number of rotatable bonds is 9. The van der Waals surface area contributed by atoms with Crippen molar-refractivity contribution < 1.29 is 9.47 Å². The average molecular weight is 304 g/mol. The zero-order valence-electron chi connectivity index (χ0n) is 13.7. The second-order valence-corrected chi connectivity index (χ2v) is 5.10. The van der Waals surface area contributed by atoms with Crippen LogP contribution >= 0.6 is 0 Å². The largest absolute Gasteiger partial charge is 0.492 e. The maximum atomic E-state index is 9.07. The van der Waals surface area contributed by atoms with Crippen LogP contribution in [0.2, 0.25) is 0 Å². The minimum Gasteiger partial charge on any atom is -0.492 e. The molecule has 0 fully saturated rings. The van der Waals surface area contributed by atoms with Gasteiger partial charge < -0.3 is 14.4 Å². The van der Waals surface area contributed by atoms with Gasteiger partial charge in [-0.1, -0.05) is 6.92 Å². The van der Waals surface area contributed by atoms with Crippen LogP contribution in [-0.2, 0) is 4.74 Å². The van der Waals surface area contributed by atoms with E-state index in [4.69, 9.17) is 14.7 Å². The van der Waals surface area contributed by atoms with E-state index in [0.717, 1.165) is 6.42 Å². The van der Waals surface area contributed by atoms with Gasteiger partial charge in [0.25, 0.3) is 0 Å². The second-order valence-electron chi connectivity index (χ2n) is 5.10. The van der Waals surface area contributed by atoms with E-state index in [9.17, 15) is 0 Å². The van der Waals surface area contributed by atoms with E-state index in [-0.39, 0.29) is 5.69 Å². The molecule has 0 amide bonds. The second kappa shape index (κ2) is 9.74. The first-order valence-corrected chi connectivity index (χ1v) is 7.41. The number of hydrogen-bond donors (Lipinski definition) is 0. The molecule has 6 nitrogen and oxygen atoms in total. The maximum Gasteiger partial charge on any atom is 0.166 e. The van der Waals surface area contributed by atoms with E-state index >= 15 is 0 Å². The van der Waals surface area contributed by atoms with Crippen molar-refractivity contribution in [1.82, 2.24) is 9.88 Å². The third-order valence-electron chi connectivity index (χ3n) is 3.00. The molecule has 1 unspecified atom stereocenters. The molecule has 0 N–H and O–H groups in total. The van der Waals surface area contributed by atoms with E-state index in [1.807, 2.05) is 27.1 Å². The zero-order chi connectivity index (χ0) is 16.4. The average Bonchev–Trinajstić information content (AvgIpc) is 2.53. The van der Waals surface area contributed by atoms with Crippen molar-refractivity contribution in [1.29, 1.82) is 5.26 Å². The molecule has 0 aliphatic heterocycles. The van der Waals surface area contributed by atoms with Gasteiger partial charge in [0.2, 0.25) is 0 Å². The van der Waals surface area contributed by atoms with Crippen LogP contribution in [0.15, 0.2) is 17.3 Å². The highest BCUT2D eigenvalue weighted by Gasteiger charge is 2.09. The van der Waals surface area contributed by atoms with Crippen molar-refractivity contribution in [3.05, 3.63) is 18.0 Å². The summed E-state index contributed by atoms with van der Waals surface area (Å²) in [5, 5.41) is 9.07. The summed E-state index contributed by atoms with van der Waals surface area (Å²) in [6.07, 6.45) is 4.17. The summed E-state index contributed by atoms with van der Waals surface area (Å²) in [6.45, 7) is 6.03. The first-order chi connectivity index (χ1) is 10.6. The van der Waals surface area contributed by atoms with Gasteiger partial charge in [-0.15, -0.1) is 0 Å². The van der Waals surface area contributed by atoms with Crippen LogP contribution in [0, 0.1) is 17.2 Å². The Balaban J connectivity index is 2.75. The molecule has 1 aromatic heterocycles. The van der Waals surface area contributed by atoms with Crippen molar-refractivity contribution in [2.75, 3.05) is 33.9 Å². The monoisotopic (exact) mass is 304 g/mol. The summed E-state index contributed by atoms with van der Waals surface area (Å²) < 4.78 is 11.2. The van der Waals surface area contributed by atoms with Crippen molar-refractivity contribution >= 4 is 12.0 Å². The van der Waals surface area contributed by atoms with Gasteiger partial charge in [-0.05, 0) is 13.3 Å². The van der Waals surface area contributed by atoms with E-state index in [1.54, 1.807) is 23.5 Å². The standard InChI is InChI=1S/C16H24N4O2/c1-5-13(10-21-6-2)11-22-14-7-15(19-12-20(3)4)16(8-17)18-9-14/h7,9,12-13H,5-6,10-11H2,1-4H3. The summed E-state index contributed by atoms with van der Waals surface area (Å²) in [5.74, 6) is 0.948. The summed E-state index contributed by atoms with van der Waals surface area (Å²) in [4.78, 5) is 10.1. The molecule has 0 radical (unpaired) electrons. The first-order valence-electron chi connectivity index (χ1n) is 7.41. The number of pyridine rings is 1. The molecule has 0 saturated carbocycles. The lowest BCUT2D eigenvalue weighted by atomic mass is 10.1. The van der Waals surface area contributed by atoms with Crippen molar-refractivity contribution in [2.24, 2.45) is 10.9 Å². The molecular weight excluding hydrogens is 280 g/mol. The van der Waals surface area contributed by atoms with Gasteiger partial charge in [-0.25, -0.2) is 9.98 Å².